The van der Waals surface area contributed by atoms with Crippen molar-refractivity contribution >= 4 is 5.91 Å². The monoisotopic (exact) mass is 560 g/mol. The summed E-state index contributed by atoms with van der Waals surface area (Å²) < 4.78 is 37.9. The molecule has 1 heterocycles. The lowest BCUT2D eigenvalue weighted by molar-refractivity contribution is -0.167. The molecular formula is C30H41FN2O7. The summed E-state index contributed by atoms with van der Waals surface area (Å²) >= 11 is 0. The normalized spacial score (nSPS) is 24.5. The molecule has 1 amide bonds. The first-order valence-corrected chi connectivity index (χ1v) is 13.8. The van der Waals surface area contributed by atoms with Crippen molar-refractivity contribution in [2.24, 2.45) is 11.7 Å². The minimum atomic E-state index is -1.63. The highest BCUT2D eigenvalue weighted by molar-refractivity contribution is 5.79. The number of methoxy groups -OCH3 is 3. The summed E-state index contributed by atoms with van der Waals surface area (Å²) in [6.45, 7) is 1.22. The Bertz CT molecular complexity index is 1130. The van der Waals surface area contributed by atoms with Gasteiger partial charge < -0.3 is 39.8 Å². The average Bonchev–Trinajstić information content (AvgIpc) is 3.31. The van der Waals surface area contributed by atoms with Crippen LogP contribution < -0.4 is 15.2 Å². The van der Waals surface area contributed by atoms with Gasteiger partial charge in [-0.25, -0.2) is 4.39 Å². The van der Waals surface area contributed by atoms with Crippen LogP contribution >= 0.6 is 0 Å². The number of nitrogens with two attached hydrogens (primary N) is 1. The minimum absolute atomic E-state index is 0.112. The number of hydrogen-bond donors (Lipinski definition) is 3. The van der Waals surface area contributed by atoms with Gasteiger partial charge in [0.15, 0.2) is 0 Å². The molecule has 2 fully saturated rings. The predicted octanol–water partition coefficient (Wildman–Crippen LogP) is 2.84. The number of aliphatic hydroxyl groups is 2. The van der Waals surface area contributed by atoms with Crippen LogP contribution in [0.25, 0.3) is 11.1 Å². The molecule has 5 unspecified atom stereocenters. The molecule has 2 aromatic carbocycles. The second-order valence-electron chi connectivity index (χ2n) is 10.7. The molecular weight excluding hydrogens is 519 g/mol. The van der Waals surface area contributed by atoms with Gasteiger partial charge in [-0.1, -0.05) is 12.1 Å². The lowest BCUT2D eigenvalue weighted by Gasteiger charge is -2.43. The molecule has 40 heavy (non-hydrogen) atoms. The van der Waals surface area contributed by atoms with E-state index in [1.165, 1.54) is 20.3 Å². The number of ether oxygens (including phenoxy) is 4. The SMILES string of the molecule is COCCCCC(O)(c1cccc(F)c1-c1cc(OC)cc(OC)c1)C1CN(C(=O)C2CC(N)C(O)C2)CCO1. The maximum absolute atomic E-state index is 15.7. The van der Waals surface area contributed by atoms with E-state index in [4.69, 9.17) is 24.7 Å². The number of carbonyl (C=O) groups excluding carboxylic acids is 1. The Labute approximate surface area is 235 Å². The molecule has 0 bridgehead atoms. The molecule has 1 aliphatic carbocycles. The lowest BCUT2D eigenvalue weighted by Crippen LogP contribution is -2.55. The van der Waals surface area contributed by atoms with Crippen molar-refractivity contribution in [3.05, 3.63) is 47.8 Å². The Kier molecular flexibility index (Phi) is 10.0. The fourth-order valence-electron chi connectivity index (χ4n) is 5.89. The number of unbranched alkanes of at least 4 members (excludes halogenated alkanes) is 1. The van der Waals surface area contributed by atoms with E-state index < -0.39 is 29.7 Å². The van der Waals surface area contributed by atoms with Crippen molar-refractivity contribution in [3.63, 3.8) is 0 Å². The van der Waals surface area contributed by atoms with Crippen LogP contribution in [0.3, 0.4) is 0 Å². The van der Waals surface area contributed by atoms with Gasteiger partial charge in [-0.3, -0.25) is 4.79 Å². The van der Waals surface area contributed by atoms with Gasteiger partial charge in [0.05, 0.1) is 33.5 Å². The van der Waals surface area contributed by atoms with E-state index in [2.05, 4.69) is 0 Å². The van der Waals surface area contributed by atoms with Crippen LogP contribution in [0.1, 0.15) is 37.7 Å². The van der Waals surface area contributed by atoms with E-state index in [0.29, 0.717) is 61.5 Å². The maximum Gasteiger partial charge on any atom is 0.226 e. The van der Waals surface area contributed by atoms with Gasteiger partial charge >= 0.3 is 0 Å². The van der Waals surface area contributed by atoms with Crippen molar-refractivity contribution in [3.8, 4) is 22.6 Å². The molecule has 4 rings (SSSR count). The zero-order valence-electron chi connectivity index (χ0n) is 23.5. The van der Waals surface area contributed by atoms with E-state index in [1.807, 2.05) is 0 Å². The van der Waals surface area contributed by atoms with Gasteiger partial charge in [0.2, 0.25) is 5.91 Å². The molecule has 5 atom stereocenters. The van der Waals surface area contributed by atoms with Crippen molar-refractivity contribution in [2.45, 2.75) is 56.0 Å². The molecule has 9 nitrogen and oxygen atoms in total. The van der Waals surface area contributed by atoms with Crippen LogP contribution in [0, 0.1) is 11.7 Å². The smallest absolute Gasteiger partial charge is 0.226 e. The molecule has 220 valence electrons. The Hall–Kier alpha value is -2.76. The maximum atomic E-state index is 15.7. The zero-order chi connectivity index (χ0) is 28.9. The second-order valence-corrected chi connectivity index (χ2v) is 10.7. The van der Waals surface area contributed by atoms with Gasteiger partial charge in [-0.05, 0) is 61.4 Å². The van der Waals surface area contributed by atoms with E-state index >= 15 is 4.39 Å². The van der Waals surface area contributed by atoms with Crippen LogP contribution in [0.4, 0.5) is 4.39 Å². The van der Waals surface area contributed by atoms with E-state index in [9.17, 15) is 15.0 Å². The quantitative estimate of drug-likeness (QED) is 0.359. The molecule has 0 aromatic heterocycles. The van der Waals surface area contributed by atoms with Crippen LogP contribution in [0.2, 0.25) is 0 Å². The van der Waals surface area contributed by atoms with Crippen LogP contribution in [0.5, 0.6) is 11.5 Å². The van der Waals surface area contributed by atoms with Crippen molar-refractivity contribution in [2.75, 3.05) is 47.6 Å². The summed E-state index contributed by atoms with van der Waals surface area (Å²) in [6.07, 6.45) is 0.722. The van der Waals surface area contributed by atoms with Crippen molar-refractivity contribution < 1.29 is 38.3 Å². The van der Waals surface area contributed by atoms with Gasteiger partial charge in [0.25, 0.3) is 0 Å². The van der Waals surface area contributed by atoms with Gasteiger partial charge in [-0.2, -0.15) is 0 Å². The van der Waals surface area contributed by atoms with Crippen LogP contribution in [-0.4, -0.2) is 86.9 Å². The van der Waals surface area contributed by atoms with E-state index in [1.54, 1.807) is 42.3 Å². The highest BCUT2D eigenvalue weighted by Crippen LogP contribution is 2.43. The fraction of sp³-hybridized carbons (Fsp3) is 0.567. The molecule has 0 radical (unpaired) electrons. The molecule has 1 aliphatic heterocycles. The van der Waals surface area contributed by atoms with Crippen molar-refractivity contribution in [1.82, 2.24) is 4.90 Å². The molecule has 1 saturated carbocycles. The van der Waals surface area contributed by atoms with E-state index in [-0.39, 0.29) is 37.0 Å². The number of carbonyl (C=O) groups is 1. The summed E-state index contributed by atoms with van der Waals surface area (Å²) in [4.78, 5) is 15.1. The highest BCUT2D eigenvalue weighted by Gasteiger charge is 2.46. The number of benzene rings is 2. The standard InChI is InChI=1S/C30H41FN2O7/c1-37-11-5-4-9-30(36,27-18-33(10-12-40-27)29(35)20-15-25(32)26(34)16-20)23-7-6-8-24(31)28(23)19-13-21(38-2)17-22(14-19)39-3/h6-8,13-14,17,20,25-27,34,36H,4-5,9-12,15-16,18,32H2,1-3H3. The molecule has 2 aliphatic rings. The minimum Gasteiger partial charge on any atom is -0.497 e. The second kappa shape index (κ2) is 13.3. The number of rotatable bonds is 11. The average molecular weight is 561 g/mol. The third-order valence-corrected chi connectivity index (χ3v) is 8.11. The Balaban J connectivity index is 1.73. The number of halogens is 1. The molecule has 2 aromatic rings. The number of amides is 1. The summed E-state index contributed by atoms with van der Waals surface area (Å²) in [7, 11) is 4.65. The van der Waals surface area contributed by atoms with E-state index in [0.717, 1.165) is 0 Å². The third kappa shape index (κ3) is 6.42. The molecule has 1 saturated heterocycles. The first-order chi connectivity index (χ1) is 19.2. The van der Waals surface area contributed by atoms with Crippen LogP contribution in [-0.2, 0) is 19.9 Å². The zero-order valence-corrected chi connectivity index (χ0v) is 23.5. The van der Waals surface area contributed by atoms with Gasteiger partial charge in [0, 0.05) is 43.9 Å². The Morgan fingerprint density at radius 2 is 1.88 bits per heavy atom. The number of morpholine rings is 1. The predicted molar refractivity (Wildman–Crippen MR) is 148 cm³/mol. The highest BCUT2D eigenvalue weighted by atomic mass is 19.1. The third-order valence-electron chi connectivity index (χ3n) is 8.11. The Morgan fingerprint density at radius 1 is 1.15 bits per heavy atom. The molecule has 10 heteroatoms. The Morgan fingerprint density at radius 3 is 2.50 bits per heavy atom. The largest absolute Gasteiger partial charge is 0.497 e. The fourth-order valence-corrected chi connectivity index (χ4v) is 5.89. The molecule has 4 N–H and O–H groups in total. The topological polar surface area (TPSA) is 124 Å². The first kappa shape index (κ1) is 30.2. The first-order valence-electron chi connectivity index (χ1n) is 13.8. The van der Waals surface area contributed by atoms with Gasteiger partial charge in [0.1, 0.15) is 29.0 Å². The van der Waals surface area contributed by atoms with Gasteiger partial charge in [-0.15, -0.1) is 0 Å². The lowest BCUT2D eigenvalue weighted by atomic mass is 9.78. The van der Waals surface area contributed by atoms with Crippen LogP contribution in [0.15, 0.2) is 36.4 Å². The number of hydrogen-bond acceptors (Lipinski definition) is 8. The summed E-state index contributed by atoms with van der Waals surface area (Å²) in [5.74, 6) is -0.0444. The summed E-state index contributed by atoms with van der Waals surface area (Å²) in [5, 5.41) is 22.6. The number of aliphatic hydroxyl groups excluding tert-OH is 1. The number of nitrogens with zero attached hydrogens (tertiary/aromatic N) is 1. The van der Waals surface area contributed by atoms with Crippen molar-refractivity contribution in [1.29, 1.82) is 0 Å². The summed E-state index contributed by atoms with van der Waals surface area (Å²) in [6, 6.07) is 9.28. The summed E-state index contributed by atoms with van der Waals surface area (Å²) in [5.41, 5.74) is 5.39. The molecule has 0 spiro atoms.